The zero-order chi connectivity index (χ0) is 22.8. The van der Waals surface area contributed by atoms with Crippen LogP contribution in [0.4, 0.5) is 11.5 Å². The van der Waals surface area contributed by atoms with Gasteiger partial charge in [-0.1, -0.05) is 0 Å². The summed E-state index contributed by atoms with van der Waals surface area (Å²) in [7, 11) is 0. The van der Waals surface area contributed by atoms with Gasteiger partial charge >= 0.3 is 0 Å². The van der Waals surface area contributed by atoms with E-state index in [-0.39, 0.29) is 12.2 Å². The maximum Gasteiger partial charge on any atom is 0.148 e. The summed E-state index contributed by atoms with van der Waals surface area (Å²) in [5.74, 6) is 2.37. The highest BCUT2D eigenvalue weighted by atomic mass is 16.5. The Balaban J connectivity index is 1.32. The van der Waals surface area contributed by atoms with Crippen LogP contribution in [0.25, 0.3) is 5.52 Å². The van der Waals surface area contributed by atoms with Gasteiger partial charge in [0.05, 0.1) is 36.9 Å². The van der Waals surface area contributed by atoms with Crippen molar-refractivity contribution in [1.82, 2.24) is 19.6 Å². The number of anilines is 2. The number of aromatic nitrogens is 4. The zero-order valence-corrected chi connectivity index (χ0v) is 19.1. The lowest BCUT2D eigenvalue weighted by molar-refractivity contribution is 0.0531. The lowest BCUT2D eigenvalue weighted by atomic mass is 9.93. The molecular formula is C24H29N7O2. The number of fused-ring (bicyclic) bond motifs is 1. The minimum absolute atomic E-state index is 0.0966. The van der Waals surface area contributed by atoms with Crippen molar-refractivity contribution in [3.63, 3.8) is 0 Å². The topological polar surface area (TPSA) is 101 Å². The van der Waals surface area contributed by atoms with Gasteiger partial charge in [-0.15, -0.1) is 0 Å². The third-order valence-electron chi connectivity index (χ3n) is 6.38. The molecule has 0 aromatic carbocycles. The van der Waals surface area contributed by atoms with Gasteiger partial charge in [-0.2, -0.15) is 10.4 Å². The highest BCUT2D eigenvalue weighted by Crippen LogP contribution is 2.33. The number of nitrogens with zero attached hydrogens (tertiary/aromatic N) is 6. The number of hydrogen-bond acceptors (Lipinski definition) is 8. The van der Waals surface area contributed by atoms with Gasteiger partial charge in [-0.05, 0) is 45.6 Å². The number of nitriles is 1. The number of pyridine rings is 1. The molecular weight excluding hydrogens is 418 g/mol. The minimum Gasteiger partial charge on any atom is -0.488 e. The number of ether oxygens (including phenoxy) is 2. The predicted molar refractivity (Wildman–Crippen MR) is 125 cm³/mol. The van der Waals surface area contributed by atoms with E-state index >= 15 is 0 Å². The summed E-state index contributed by atoms with van der Waals surface area (Å²) in [6.07, 6.45) is 9.50. The second kappa shape index (κ2) is 9.24. The van der Waals surface area contributed by atoms with Crippen molar-refractivity contribution in [1.29, 1.82) is 5.26 Å². The molecule has 3 aromatic rings. The molecule has 0 radical (unpaired) electrons. The van der Waals surface area contributed by atoms with Crippen LogP contribution in [0, 0.1) is 18.3 Å². The molecule has 5 rings (SSSR count). The number of aryl methyl sites for hydroxylation is 1. The van der Waals surface area contributed by atoms with E-state index in [1.54, 1.807) is 16.9 Å². The van der Waals surface area contributed by atoms with Crippen LogP contribution >= 0.6 is 0 Å². The molecule has 1 aliphatic carbocycles. The summed E-state index contributed by atoms with van der Waals surface area (Å²) in [6.45, 7) is 6.31. The Hall–Kier alpha value is -3.38. The van der Waals surface area contributed by atoms with Crippen molar-refractivity contribution in [2.45, 2.75) is 57.8 Å². The molecule has 2 fully saturated rings. The molecule has 2 aliphatic rings. The van der Waals surface area contributed by atoms with Gasteiger partial charge in [0.15, 0.2) is 0 Å². The van der Waals surface area contributed by atoms with E-state index < -0.39 is 0 Å². The molecule has 0 bridgehead atoms. The van der Waals surface area contributed by atoms with E-state index in [4.69, 9.17) is 9.47 Å². The minimum atomic E-state index is 0.0966. The molecule has 1 unspecified atom stereocenters. The fraction of sp³-hybridized carbons (Fsp3) is 0.500. The molecule has 33 heavy (non-hydrogen) atoms. The molecule has 3 aromatic heterocycles. The number of rotatable bonds is 5. The zero-order valence-electron chi connectivity index (χ0n) is 19.1. The van der Waals surface area contributed by atoms with Crippen LogP contribution in [0.5, 0.6) is 5.75 Å². The Kier molecular flexibility index (Phi) is 6.01. The first-order valence-electron chi connectivity index (χ1n) is 11.6. The highest BCUT2D eigenvalue weighted by molar-refractivity contribution is 5.72. The Labute approximate surface area is 193 Å². The quantitative estimate of drug-likeness (QED) is 0.636. The first-order chi connectivity index (χ1) is 16.1. The Morgan fingerprint density at radius 2 is 2.12 bits per heavy atom. The fourth-order valence-corrected chi connectivity index (χ4v) is 4.72. The predicted octanol–water partition coefficient (Wildman–Crippen LogP) is 3.33. The van der Waals surface area contributed by atoms with Crippen LogP contribution in [0.15, 0.2) is 30.7 Å². The largest absolute Gasteiger partial charge is 0.488 e. The van der Waals surface area contributed by atoms with Gasteiger partial charge < -0.3 is 19.7 Å². The molecule has 1 atom stereocenters. The molecule has 1 aliphatic heterocycles. The van der Waals surface area contributed by atoms with Crippen molar-refractivity contribution < 1.29 is 9.47 Å². The van der Waals surface area contributed by atoms with Crippen LogP contribution < -0.4 is 15.0 Å². The van der Waals surface area contributed by atoms with Gasteiger partial charge in [-0.25, -0.2) is 14.5 Å². The molecule has 4 heterocycles. The van der Waals surface area contributed by atoms with E-state index in [1.165, 1.54) is 0 Å². The lowest BCUT2D eigenvalue weighted by Gasteiger charge is -2.33. The summed E-state index contributed by atoms with van der Waals surface area (Å²) in [5.41, 5.74) is 2.30. The van der Waals surface area contributed by atoms with Gasteiger partial charge in [0.2, 0.25) is 0 Å². The van der Waals surface area contributed by atoms with Crippen molar-refractivity contribution >= 4 is 17.0 Å². The van der Waals surface area contributed by atoms with Crippen LogP contribution in [0.3, 0.4) is 0 Å². The average molecular weight is 448 g/mol. The van der Waals surface area contributed by atoms with E-state index in [1.807, 2.05) is 19.2 Å². The smallest absolute Gasteiger partial charge is 0.148 e. The number of nitrogens with one attached hydrogen (secondary N) is 1. The summed E-state index contributed by atoms with van der Waals surface area (Å²) in [5, 5.41) is 17.5. The van der Waals surface area contributed by atoms with E-state index in [0.717, 1.165) is 67.4 Å². The standard InChI is InChI=1S/C24H29N7O2/c1-16-14-30(9-10-32-16)20-11-22(24-18(12-25)13-27-31(24)15-20)33-21-5-3-19(4-6-21)29-23-7-8-26-17(2)28-23/h7-8,11,13,15-16,19,21H,3-6,9-10,14H2,1-2H3,(H,26,28,29). The number of hydrogen-bond donors (Lipinski definition) is 1. The first-order valence-corrected chi connectivity index (χ1v) is 11.6. The van der Waals surface area contributed by atoms with Gasteiger partial charge in [-0.3, -0.25) is 0 Å². The van der Waals surface area contributed by atoms with Crippen LogP contribution in [-0.2, 0) is 4.74 Å². The highest BCUT2D eigenvalue weighted by Gasteiger charge is 2.25. The molecule has 9 heteroatoms. The fourth-order valence-electron chi connectivity index (χ4n) is 4.72. The Morgan fingerprint density at radius 1 is 1.27 bits per heavy atom. The van der Waals surface area contributed by atoms with Crippen molar-refractivity contribution in [3.05, 3.63) is 42.1 Å². The van der Waals surface area contributed by atoms with Crippen LogP contribution in [0.1, 0.15) is 44.0 Å². The SMILES string of the molecule is Cc1nccc(NC2CCC(Oc3cc(N4CCOC(C)C4)cn4ncc(C#N)c34)CC2)n1. The number of morpholine rings is 1. The normalized spacial score (nSPS) is 23.3. The summed E-state index contributed by atoms with van der Waals surface area (Å²) in [6, 6.07) is 6.59. The first kappa shape index (κ1) is 21.5. The Morgan fingerprint density at radius 3 is 2.88 bits per heavy atom. The molecule has 1 N–H and O–H groups in total. The average Bonchev–Trinajstić information content (AvgIpc) is 3.24. The van der Waals surface area contributed by atoms with Crippen molar-refractivity contribution in [3.8, 4) is 11.8 Å². The molecule has 9 nitrogen and oxygen atoms in total. The second-order valence-corrected chi connectivity index (χ2v) is 8.88. The molecule has 172 valence electrons. The summed E-state index contributed by atoms with van der Waals surface area (Å²) < 4.78 is 14.0. The molecule has 1 saturated heterocycles. The molecule has 0 amide bonds. The van der Waals surface area contributed by atoms with Crippen LogP contribution in [0.2, 0.25) is 0 Å². The van der Waals surface area contributed by atoms with Crippen molar-refractivity contribution in [2.75, 3.05) is 29.9 Å². The van der Waals surface area contributed by atoms with Gasteiger partial charge in [0, 0.05) is 31.4 Å². The monoisotopic (exact) mass is 447 g/mol. The third-order valence-corrected chi connectivity index (χ3v) is 6.38. The third kappa shape index (κ3) is 4.71. The molecule has 0 spiro atoms. The van der Waals surface area contributed by atoms with Gasteiger partial charge in [0.1, 0.15) is 34.5 Å². The Bertz CT molecular complexity index is 1160. The van der Waals surface area contributed by atoms with E-state index in [0.29, 0.717) is 18.2 Å². The van der Waals surface area contributed by atoms with Gasteiger partial charge in [0.25, 0.3) is 0 Å². The summed E-state index contributed by atoms with van der Waals surface area (Å²) in [4.78, 5) is 10.9. The van der Waals surface area contributed by atoms with E-state index in [9.17, 15) is 5.26 Å². The lowest BCUT2D eigenvalue weighted by Crippen LogP contribution is -2.41. The maximum atomic E-state index is 9.60. The maximum absolute atomic E-state index is 9.60. The van der Waals surface area contributed by atoms with E-state index in [2.05, 4.69) is 44.3 Å². The van der Waals surface area contributed by atoms with Crippen molar-refractivity contribution in [2.24, 2.45) is 0 Å². The molecule has 1 saturated carbocycles. The second-order valence-electron chi connectivity index (χ2n) is 8.88. The summed E-state index contributed by atoms with van der Waals surface area (Å²) >= 11 is 0. The van der Waals surface area contributed by atoms with Crippen LogP contribution in [-0.4, -0.2) is 57.5 Å².